The van der Waals surface area contributed by atoms with Crippen molar-refractivity contribution in [2.45, 2.75) is 0 Å². The second kappa shape index (κ2) is 5.59. The summed E-state index contributed by atoms with van der Waals surface area (Å²) in [7, 11) is 0. The van der Waals surface area contributed by atoms with Gasteiger partial charge >= 0.3 is 6.03 Å². The number of nitrogens with zero attached hydrogens (tertiary/aromatic N) is 1. The second-order valence-corrected chi connectivity index (χ2v) is 4.27. The Labute approximate surface area is 111 Å². The van der Waals surface area contributed by atoms with Gasteiger partial charge in [-0.1, -0.05) is 0 Å². The van der Waals surface area contributed by atoms with Crippen LogP contribution in [0.3, 0.4) is 0 Å². The van der Waals surface area contributed by atoms with Crippen molar-refractivity contribution in [3.8, 4) is 0 Å². The van der Waals surface area contributed by atoms with Gasteiger partial charge in [0.2, 0.25) is 0 Å². The summed E-state index contributed by atoms with van der Waals surface area (Å²) in [5.74, 6) is 0.0607. The van der Waals surface area contributed by atoms with E-state index < -0.39 is 6.03 Å². The Morgan fingerprint density at radius 1 is 1.17 bits per heavy atom. The van der Waals surface area contributed by atoms with E-state index in [0.29, 0.717) is 16.0 Å². The zero-order chi connectivity index (χ0) is 13.0. The highest BCUT2D eigenvalue weighted by atomic mass is 79.9. The molecule has 0 saturated heterocycles. The standard InChI is InChI=1S/C12H9BrFN3O/c13-10-2-1-7-15-11(10)17-12(18)16-9-5-3-8(14)4-6-9/h1-7H,(H2,15,16,17,18). The summed E-state index contributed by atoms with van der Waals surface area (Å²) in [5, 5.41) is 5.14. The predicted octanol–water partition coefficient (Wildman–Crippen LogP) is 3.63. The molecule has 6 heteroatoms. The van der Waals surface area contributed by atoms with Crippen molar-refractivity contribution < 1.29 is 9.18 Å². The van der Waals surface area contributed by atoms with Crippen LogP contribution >= 0.6 is 15.9 Å². The Morgan fingerprint density at radius 2 is 1.89 bits per heavy atom. The van der Waals surface area contributed by atoms with Gasteiger partial charge in [0.25, 0.3) is 0 Å². The van der Waals surface area contributed by atoms with E-state index >= 15 is 0 Å². The number of benzene rings is 1. The van der Waals surface area contributed by atoms with Crippen LogP contribution in [0.25, 0.3) is 0 Å². The number of pyridine rings is 1. The highest BCUT2D eigenvalue weighted by Gasteiger charge is 2.06. The molecular weight excluding hydrogens is 301 g/mol. The molecule has 2 rings (SSSR count). The predicted molar refractivity (Wildman–Crippen MR) is 71.0 cm³/mol. The fraction of sp³-hybridized carbons (Fsp3) is 0. The van der Waals surface area contributed by atoms with Gasteiger partial charge < -0.3 is 5.32 Å². The van der Waals surface area contributed by atoms with Crippen molar-refractivity contribution in [2.75, 3.05) is 10.6 Å². The van der Waals surface area contributed by atoms with Gasteiger partial charge in [0.05, 0.1) is 4.47 Å². The molecule has 0 radical (unpaired) electrons. The lowest BCUT2D eigenvalue weighted by atomic mass is 10.3. The quantitative estimate of drug-likeness (QED) is 0.890. The monoisotopic (exact) mass is 309 g/mol. The number of hydrogen-bond donors (Lipinski definition) is 2. The molecule has 2 aromatic rings. The van der Waals surface area contributed by atoms with Crippen LogP contribution in [-0.2, 0) is 0 Å². The third-order valence-electron chi connectivity index (χ3n) is 2.09. The van der Waals surface area contributed by atoms with Crippen LogP contribution in [0.5, 0.6) is 0 Å². The number of anilines is 2. The number of rotatable bonds is 2. The number of halogens is 2. The van der Waals surface area contributed by atoms with Gasteiger partial charge in [0.15, 0.2) is 0 Å². The first-order valence-electron chi connectivity index (χ1n) is 5.09. The molecule has 1 heterocycles. The minimum absolute atomic E-state index is 0.353. The summed E-state index contributed by atoms with van der Waals surface area (Å²) in [6.07, 6.45) is 1.57. The number of urea groups is 1. The third kappa shape index (κ3) is 3.27. The highest BCUT2D eigenvalue weighted by Crippen LogP contribution is 2.18. The molecule has 0 aliphatic rings. The summed E-state index contributed by atoms with van der Waals surface area (Å²) < 4.78 is 13.4. The molecule has 4 nitrogen and oxygen atoms in total. The summed E-state index contributed by atoms with van der Waals surface area (Å²) >= 11 is 3.27. The van der Waals surface area contributed by atoms with Crippen molar-refractivity contribution in [2.24, 2.45) is 0 Å². The van der Waals surface area contributed by atoms with Crippen molar-refractivity contribution in [1.29, 1.82) is 0 Å². The number of carbonyl (C=O) groups is 1. The Kier molecular flexibility index (Phi) is 3.88. The summed E-state index contributed by atoms with van der Waals surface area (Å²) in [5.41, 5.74) is 0.501. The maximum Gasteiger partial charge on any atom is 0.324 e. The lowest BCUT2D eigenvalue weighted by Gasteiger charge is -2.07. The first-order valence-corrected chi connectivity index (χ1v) is 5.88. The lowest BCUT2D eigenvalue weighted by Crippen LogP contribution is -2.20. The number of nitrogens with one attached hydrogen (secondary N) is 2. The van der Waals surface area contributed by atoms with Gasteiger partial charge in [-0.05, 0) is 52.3 Å². The van der Waals surface area contributed by atoms with Gasteiger partial charge in [-0.2, -0.15) is 0 Å². The van der Waals surface area contributed by atoms with Crippen molar-refractivity contribution in [1.82, 2.24) is 4.98 Å². The number of hydrogen-bond acceptors (Lipinski definition) is 2. The SMILES string of the molecule is O=C(Nc1ccc(F)cc1)Nc1ncccc1Br. The van der Waals surface area contributed by atoms with E-state index in [2.05, 4.69) is 31.5 Å². The van der Waals surface area contributed by atoms with Gasteiger partial charge in [0, 0.05) is 11.9 Å². The van der Waals surface area contributed by atoms with E-state index in [0.717, 1.165) is 0 Å². The average Bonchev–Trinajstić information content (AvgIpc) is 2.35. The smallest absolute Gasteiger partial charge is 0.308 e. The van der Waals surface area contributed by atoms with Gasteiger partial charge in [-0.3, -0.25) is 5.32 Å². The molecule has 0 spiro atoms. The zero-order valence-electron chi connectivity index (χ0n) is 9.15. The number of amides is 2. The lowest BCUT2D eigenvalue weighted by molar-refractivity contribution is 0.262. The summed E-state index contributed by atoms with van der Waals surface area (Å²) in [4.78, 5) is 15.6. The van der Waals surface area contributed by atoms with Crippen molar-refractivity contribution >= 4 is 33.5 Å². The molecule has 18 heavy (non-hydrogen) atoms. The molecule has 0 atom stereocenters. The Balaban J connectivity index is 2.01. The molecule has 0 fully saturated rings. The maximum absolute atomic E-state index is 12.7. The van der Waals surface area contributed by atoms with Gasteiger partial charge in [-0.15, -0.1) is 0 Å². The zero-order valence-corrected chi connectivity index (χ0v) is 10.7. The second-order valence-electron chi connectivity index (χ2n) is 3.42. The van der Waals surface area contributed by atoms with Crippen LogP contribution in [-0.4, -0.2) is 11.0 Å². The fourth-order valence-electron chi connectivity index (χ4n) is 1.28. The van der Waals surface area contributed by atoms with E-state index in [1.807, 2.05) is 0 Å². The van der Waals surface area contributed by atoms with Crippen LogP contribution < -0.4 is 10.6 Å². The topological polar surface area (TPSA) is 54.0 Å². The largest absolute Gasteiger partial charge is 0.324 e. The molecular formula is C12H9BrFN3O. The van der Waals surface area contributed by atoms with Crippen molar-refractivity contribution in [3.05, 3.63) is 52.9 Å². The summed E-state index contributed by atoms with van der Waals surface area (Å²) in [6, 6.07) is 8.55. The highest BCUT2D eigenvalue weighted by molar-refractivity contribution is 9.10. The fourth-order valence-corrected chi connectivity index (χ4v) is 1.63. The Bertz CT molecular complexity index is 560. The molecule has 0 aliphatic heterocycles. The molecule has 0 aliphatic carbocycles. The Hall–Kier alpha value is -1.95. The first kappa shape index (κ1) is 12.5. The van der Waals surface area contributed by atoms with E-state index in [1.54, 1.807) is 18.3 Å². The summed E-state index contributed by atoms with van der Waals surface area (Å²) in [6.45, 7) is 0. The van der Waals surface area contributed by atoms with Crippen LogP contribution in [0.2, 0.25) is 0 Å². The first-order chi connectivity index (χ1) is 8.65. The molecule has 92 valence electrons. The minimum atomic E-state index is -0.444. The van der Waals surface area contributed by atoms with E-state index in [-0.39, 0.29) is 5.82 Å². The van der Waals surface area contributed by atoms with Crippen LogP contribution in [0.15, 0.2) is 47.1 Å². The molecule has 1 aromatic heterocycles. The van der Waals surface area contributed by atoms with Crippen LogP contribution in [0.4, 0.5) is 20.7 Å². The Morgan fingerprint density at radius 3 is 2.56 bits per heavy atom. The molecule has 0 unspecified atom stereocenters. The normalized spacial score (nSPS) is 9.89. The van der Waals surface area contributed by atoms with E-state index in [4.69, 9.17) is 0 Å². The molecule has 2 N–H and O–H groups in total. The average molecular weight is 310 g/mol. The van der Waals surface area contributed by atoms with Gasteiger partial charge in [-0.25, -0.2) is 14.2 Å². The van der Waals surface area contributed by atoms with E-state index in [9.17, 15) is 9.18 Å². The number of aromatic nitrogens is 1. The molecule has 1 aromatic carbocycles. The van der Waals surface area contributed by atoms with Crippen molar-refractivity contribution in [3.63, 3.8) is 0 Å². The maximum atomic E-state index is 12.7. The van der Waals surface area contributed by atoms with E-state index in [1.165, 1.54) is 24.3 Å². The van der Waals surface area contributed by atoms with Gasteiger partial charge in [0.1, 0.15) is 11.6 Å². The third-order valence-corrected chi connectivity index (χ3v) is 2.73. The molecule has 0 bridgehead atoms. The number of carbonyl (C=O) groups excluding carboxylic acids is 1. The molecule has 0 saturated carbocycles. The van der Waals surface area contributed by atoms with Crippen LogP contribution in [0.1, 0.15) is 0 Å². The van der Waals surface area contributed by atoms with Crippen LogP contribution in [0, 0.1) is 5.82 Å². The minimum Gasteiger partial charge on any atom is -0.308 e. The molecule has 2 amide bonds.